The van der Waals surface area contributed by atoms with E-state index in [1.54, 1.807) is 36.4 Å². The lowest BCUT2D eigenvalue weighted by atomic mass is 9.81. The number of fused-ring (bicyclic) bond motifs is 1. The fraction of sp³-hybridized carbons (Fsp3) is 0.318. The summed E-state index contributed by atoms with van der Waals surface area (Å²) in [6.45, 7) is 1.94. The van der Waals surface area contributed by atoms with Crippen molar-refractivity contribution in [3.05, 3.63) is 59.7 Å². The first-order valence-electron chi connectivity index (χ1n) is 9.31. The number of amides is 2. The van der Waals surface area contributed by atoms with Crippen LogP contribution in [0.2, 0.25) is 0 Å². The lowest BCUT2D eigenvalue weighted by molar-refractivity contribution is -0.122. The Bertz CT molecular complexity index is 879. The summed E-state index contributed by atoms with van der Waals surface area (Å²) in [6, 6.07) is 13.7. The van der Waals surface area contributed by atoms with Crippen molar-refractivity contribution in [3.63, 3.8) is 0 Å². The minimum absolute atomic E-state index is 0.133. The van der Waals surface area contributed by atoms with Crippen LogP contribution in [-0.4, -0.2) is 17.8 Å². The molecular weight excluding hydrogens is 342 g/mol. The molecule has 1 heterocycles. The molecule has 2 amide bonds. The Hall–Kier alpha value is -2.95. The van der Waals surface area contributed by atoms with Crippen LogP contribution in [0, 0.1) is 18.8 Å². The van der Waals surface area contributed by atoms with E-state index < -0.39 is 5.97 Å². The summed E-state index contributed by atoms with van der Waals surface area (Å²) in [5.41, 5.74) is 1.97. The number of carbonyl (C=O) groups excluding carboxylic acids is 3. The van der Waals surface area contributed by atoms with Crippen LogP contribution in [0.1, 0.15) is 41.6 Å². The van der Waals surface area contributed by atoms with E-state index in [0.29, 0.717) is 17.0 Å². The smallest absolute Gasteiger partial charge is 0.343 e. The molecule has 27 heavy (non-hydrogen) atoms. The minimum atomic E-state index is -0.472. The normalized spacial score (nSPS) is 21.9. The number of carbonyl (C=O) groups is 3. The van der Waals surface area contributed by atoms with Crippen LogP contribution in [-0.2, 0) is 9.59 Å². The molecule has 5 heteroatoms. The zero-order valence-corrected chi connectivity index (χ0v) is 15.2. The number of imide groups is 1. The third-order valence-electron chi connectivity index (χ3n) is 5.41. The first kappa shape index (κ1) is 17.5. The molecule has 2 aromatic rings. The molecule has 4 rings (SSSR count). The SMILES string of the molecule is Cc1ccc(C(=O)Oc2cccc(N3C(=O)C4CCCCC4C3=O)c2)cc1. The van der Waals surface area contributed by atoms with Crippen LogP contribution in [0.3, 0.4) is 0 Å². The van der Waals surface area contributed by atoms with Crippen molar-refractivity contribution in [2.24, 2.45) is 11.8 Å². The highest BCUT2D eigenvalue weighted by Crippen LogP contribution is 2.40. The molecule has 0 bridgehead atoms. The molecule has 2 aliphatic rings. The second-order valence-electron chi connectivity index (χ2n) is 7.26. The highest BCUT2D eigenvalue weighted by Gasteiger charge is 2.48. The Morgan fingerprint density at radius 1 is 0.963 bits per heavy atom. The second-order valence-corrected chi connectivity index (χ2v) is 7.26. The van der Waals surface area contributed by atoms with Gasteiger partial charge in [-0.05, 0) is 44.0 Å². The van der Waals surface area contributed by atoms with Gasteiger partial charge in [0.05, 0.1) is 23.1 Å². The van der Waals surface area contributed by atoms with Gasteiger partial charge in [0.15, 0.2) is 0 Å². The lowest BCUT2D eigenvalue weighted by Crippen LogP contribution is -2.30. The van der Waals surface area contributed by atoms with E-state index in [0.717, 1.165) is 31.2 Å². The number of ether oxygens (including phenoxy) is 1. The van der Waals surface area contributed by atoms with Gasteiger partial charge in [-0.3, -0.25) is 9.59 Å². The van der Waals surface area contributed by atoms with Crippen molar-refractivity contribution in [1.29, 1.82) is 0 Å². The van der Waals surface area contributed by atoms with Gasteiger partial charge >= 0.3 is 5.97 Å². The minimum Gasteiger partial charge on any atom is -0.423 e. The third kappa shape index (κ3) is 3.25. The predicted octanol–water partition coefficient (Wildman–Crippen LogP) is 3.89. The van der Waals surface area contributed by atoms with Crippen molar-refractivity contribution >= 4 is 23.5 Å². The number of esters is 1. The van der Waals surface area contributed by atoms with Gasteiger partial charge in [-0.2, -0.15) is 0 Å². The van der Waals surface area contributed by atoms with E-state index in [9.17, 15) is 14.4 Å². The number of benzene rings is 2. The number of anilines is 1. The molecule has 2 unspecified atom stereocenters. The number of hydrogen-bond acceptors (Lipinski definition) is 4. The summed E-state index contributed by atoms with van der Waals surface area (Å²) < 4.78 is 5.44. The Kier molecular flexibility index (Phi) is 4.52. The van der Waals surface area contributed by atoms with Crippen molar-refractivity contribution < 1.29 is 19.1 Å². The van der Waals surface area contributed by atoms with E-state index in [1.807, 2.05) is 19.1 Å². The topological polar surface area (TPSA) is 63.7 Å². The molecule has 1 saturated carbocycles. The fourth-order valence-corrected chi connectivity index (χ4v) is 3.96. The summed E-state index contributed by atoms with van der Waals surface area (Å²) in [6.07, 6.45) is 3.52. The van der Waals surface area contributed by atoms with Crippen LogP contribution < -0.4 is 9.64 Å². The Labute approximate surface area is 157 Å². The Morgan fingerprint density at radius 2 is 1.59 bits per heavy atom. The highest BCUT2D eigenvalue weighted by atomic mass is 16.5. The van der Waals surface area contributed by atoms with Gasteiger partial charge in [0.25, 0.3) is 0 Å². The first-order chi connectivity index (χ1) is 13.0. The number of rotatable bonds is 3. The zero-order chi connectivity index (χ0) is 19.0. The second kappa shape index (κ2) is 6.99. The Morgan fingerprint density at radius 3 is 2.22 bits per heavy atom. The molecular formula is C22H21NO4. The average molecular weight is 363 g/mol. The molecule has 2 atom stereocenters. The van der Waals surface area contributed by atoms with Crippen molar-refractivity contribution in [2.45, 2.75) is 32.6 Å². The summed E-state index contributed by atoms with van der Waals surface area (Å²) >= 11 is 0. The number of aryl methyl sites for hydroxylation is 1. The molecule has 1 saturated heterocycles. The molecule has 138 valence electrons. The highest BCUT2D eigenvalue weighted by molar-refractivity contribution is 6.22. The summed E-state index contributed by atoms with van der Waals surface area (Å²) in [4.78, 5) is 39.1. The summed E-state index contributed by atoms with van der Waals surface area (Å²) in [5, 5.41) is 0. The summed E-state index contributed by atoms with van der Waals surface area (Å²) in [7, 11) is 0. The molecule has 0 spiro atoms. The maximum absolute atomic E-state index is 12.7. The van der Waals surface area contributed by atoms with Gasteiger partial charge in [-0.1, -0.05) is 36.6 Å². The van der Waals surface area contributed by atoms with Gasteiger partial charge in [0.1, 0.15) is 5.75 Å². The van der Waals surface area contributed by atoms with Gasteiger partial charge < -0.3 is 4.74 Å². The largest absolute Gasteiger partial charge is 0.423 e. The molecule has 2 aromatic carbocycles. The molecule has 1 aliphatic heterocycles. The van der Waals surface area contributed by atoms with Crippen LogP contribution >= 0.6 is 0 Å². The third-order valence-corrected chi connectivity index (χ3v) is 5.41. The maximum Gasteiger partial charge on any atom is 0.343 e. The van der Waals surface area contributed by atoms with Gasteiger partial charge in [-0.25, -0.2) is 9.69 Å². The van der Waals surface area contributed by atoms with Crippen LogP contribution in [0.25, 0.3) is 0 Å². The average Bonchev–Trinajstić information content (AvgIpc) is 2.93. The fourth-order valence-electron chi connectivity index (χ4n) is 3.96. The van der Waals surface area contributed by atoms with Crippen LogP contribution in [0.4, 0.5) is 5.69 Å². The van der Waals surface area contributed by atoms with Crippen molar-refractivity contribution in [3.8, 4) is 5.75 Å². The van der Waals surface area contributed by atoms with Gasteiger partial charge in [0.2, 0.25) is 11.8 Å². The molecule has 0 radical (unpaired) electrons. The van der Waals surface area contributed by atoms with Crippen LogP contribution in [0.5, 0.6) is 5.75 Å². The first-order valence-corrected chi connectivity index (χ1v) is 9.31. The molecule has 0 aromatic heterocycles. The van der Waals surface area contributed by atoms with Crippen LogP contribution in [0.15, 0.2) is 48.5 Å². The molecule has 0 N–H and O–H groups in total. The van der Waals surface area contributed by atoms with E-state index >= 15 is 0 Å². The van der Waals surface area contributed by atoms with Crippen molar-refractivity contribution in [2.75, 3.05) is 4.90 Å². The van der Waals surface area contributed by atoms with Gasteiger partial charge in [-0.15, -0.1) is 0 Å². The van der Waals surface area contributed by atoms with Crippen molar-refractivity contribution in [1.82, 2.24) is 0 Å². The van der Waals surface area contributed by atoms with E-state index in [4.69, 9.17) is 4.74 Å². The van der Waals surface area contributed by atoms with Gasteiger partial charge in [0, 0.05) is 6.07 Å². The molecule has 2 fully saturated rings. The maximum atomic E-state index is 12.7. The standard InChI is InChI=1S/C22H21NO4/c1-14-9-11-15(12-10-14)22(26)27-17-6-4-5-16(13-17)23-20(24)18-7-2-3-8-19(18)21(23)25/h4-6,9-13,18-19H,2-3,7-8H2,1H3. The quantitative estimate of drug-likeness (QED) is 0.471. The number of nitrogens with zero attached hydrogens (tertiary/aromatic N) is 1. The zero-order valence-electron chi connectivity index (χ0n) is 15.2. The van der Waals surface area contributed by atoms with E-state index in [-0.39, 0.29) is 23.7 Å². The lowest BCUT2D eigenvalue weighted by Gasteiger charge is -2.19. The monoisotopic (exact) mass is 363 g/mol. The number of hydrogen-bond donors (Lipinski definition) is 0. The molecule has 1 aliphatic carbocycles. The van der Waals surface area contributed by atoms with E-state index in [1.165, 1.54) is 4.90 Å². The Balaban J connectivity index is 1.56. The summed E-state index contributed by atoms with van der Waals surface area (Å²) in [5.74, 6) is -0.832. The predicted molar refractivity (Wildman–Crippen MR) is 101 cm³/mol. The van der Waals surface area contributed by atoms with E-state index in [2.05, 4.69) is 0 Å². The molecule has 5 nitrogen and oxygen atoms in total.